The van der Waals surface area contributed by atoms with Gasteiger partial charge in [0.1, 0.15) is 5.82 Å². The van der Waals surface area contributed by atoms with Crippen LogP contribution in [-0.4, -0.2) is 71.6 Å². The molecule has 0 aliphatic carbocycles. The average molecular weight is 474 g/mol. The standard InChI is InChI=1S/C25H31N9O/c1-3-32-10-11-34(18-5-4-17(13-26)12-19(18)32)24-21-23(30-31-24)29-20(14-28-21)33-8-6-25(7-9-33)15-35-16(2)22(25)27/h4-5,12,14,16,22H,3,6-11,15,27H2,1-2H3,(H,29,30,31)/t16-,22+/m0/s1. The zero-order valence-corrected chi connectivity index (χ0v) is 20.2. The summed E-state index contributed by atoms with van der Waals surface area (Å²) in [5, 5.41) is 17.1. The smallest absolute Gasteiger partial charge is 0.183 e. The van der Waals surface area contributed by atoms with E-state index in [0.29, 0.717) is 11.2 Å². The van der Waals surface area contributed by atoms with E-state index in [1.54, 1.807) is 0 Å². The number of fused-ring (bicyclic) bond motifs is 2. The van der Waals surface area contributed by atoms with Gasteiger partial charge in [-0.05, 0) is 44.9 Å². The van der Waals surface area contributed by atoms with E-state index >= 15 is 0 Å². The van der Waals surface area contributed by atoms with E-state index in [2.05, 4.69) is 44.8 Å². The Morgan fingerprint density at radius 2 is 2.06 bits per heavy atom. The van der Waals surface area contributed by atoms with Gasteiger partial charge in [-0.1, -0.05) is 0 Å². The maximum atomic E-state index is 9.37. The van der Waals surface area contributed by atoms with Crippen LogP contribution in [0.3, 0.4) is 0 Å². The van der Waals surface area contributed by atoms with E-state index in [1.165, 1.54) is 0 Å². The van der Waals surface area contributed by atoms with E-state index in [1.807, 2.05) is 24.4 Å². The van der Waals surface area contributed by atoms with E-state index < -0.39 is 0 Å². The molecule has 3 aromatic rings. The number of nitrogens with zero attached hydrogens (tertiary/aromatic N) is 7. The molecule has 10 nitrogen and oxygen atoms in total. The van der Waals surface area contributed by atoms with Crippen LogP contribution in [0.15, 0.2) is 24.4 Å². The summed E-state index contributed by atoms with van der Waals surface area (Å²) in [5.41, 5.74) is 10.7. The van der Waals surface area contributed by atoms with Crippen LogP contribution in [0.25, 0.3) is 11.2 Å². The lowest BCUT2D eigenvalue weighted by Crippen LogP contribution is -2.50. The molecule has 2 saturated heterocycles. The quantitative estimate of drug-likeness (QED) is 0.590. The number of ether oxygens (including phenoxy) is 1. The highest BCUT2D eigenvalue weighted by Gasteiger charge is 2.47. The Kier molecular flexibility index (Phi) is 5.27. The minimum atomic E-state index is 0.0774. The first-order chi connectivity index (χ1) is 17.0. The largest absolute Gasteiger partial charge is 0.376 e. The molecule has 182 valence electrons. The Labute approximate surface area is 204 Å². The van der Waals surface area contributed by atoms with E-state index in [-0.39, 0.29) is 17.6 Å². The van der Waals surface area contributed by atoms with Crippen molar-refractivity contribution in [1.29, 1.82) is 5.26 Å². The summed E-state index contributed by atoms with van der Waals surface area (Å²) in [6.45, 7) is 9.24. The van der Waals surface area contributed by atoms with Crippen molar-refractivity contribution in [2.45, 2.75) is 38.8 Å². The minimum absolute atomic E-state index is 0.0774. The van der Waals surface area contributed by atoms with Gasteiger partial charge in [0.15, 0.2) is 17.0 Å². The number of H-pyrrole nitrogens is 1. The molecule has 0 radical (unpaired) electrons. The summed E-state index contributed by atoms with van der Waals surface area (Å²) in [6.07, 6.45) is 3.97. The molecule has 2 atom stereocenters. The molecule has 0 saturated carbocycles. The maximum absolute atomic E-state index is 9.37. The molecule has 35 heavy (non-hydrogen) atoms. The van der Waals surface area contributed by atoms with Crippen molar-refractivity contribution in [2.24, 2.45) is 11.1 Å². The zero-order valence-electron chi connectivity index (χ0n) is 20.2. The van der Waals surface area contributed by atoms with E-state index in [4.69, 9.17) is 20.4 Å². The van der Waals surface area contributed by atoms with Gasteiger partial charge in [-0.2, -0.15) is 10.4 Å². The van der Waals surface area contributed by atoms with Gasteiger partial charge in [0.05, 0.1) is 41.9 Å². The molecule has 6 rings (SSSR count). The molecule has 0 amide bonds. The molecule has 5 heterocycles. The number of hydrogen-bond acceptors (Lipinski definition) is 9. The van der Waals surface area contributed by atoms with Crippen molar-refractivity contribution in [2.75, 3.05) is 54.0 Å². The summed E-state index contributed by atoms with van der Waals surface area (Å²) in [6, 6.07) is 8.15. The number of anilines is 4. The Hall–Kier alpha value is -3.42. The minimum Gasteiger partial charge on any atom is -0.376 e. The fourth-order valence-corrected chi connectivity index (χ4v) is 5.86. The number of benzene rings is 1. The van der Waals surface area contributed by atoms with E-state index in [9.17, 15) is 5.26 Å². The fraction of sp³-hybridized carbons (Fsp3) is 0.520. The number of likely N-dealkylation sites (N-methyl/N-ethyl adjacent to an activating group) is 1. The molecule has 10 heteroatoms. The Morgan fingerprint density at radius 1 is 1.23 bits per heavy atom. The van der Waals surface area contributed by atoms with Crippen LogP contribution in [-0.2, 0) is 4.74 Å². The van der Waals surface area contributed by atoms with Crippen molar-refractivity contribution in [3.05, 3.63) is 30.0 Å². The van der Waals surface area contributed by atoms with Crippen molar-refractivity contribution >= 4 is 34.2 Å². The first kappa shape index (κ1) is 22.1. The molecule has 3 aliphatic heterocycles. The highest BCUT2D eigenvalue weighted by molar-refractivity contribution is 5.90. The second kappa shape index (κ2) is 8.36. The molecule has 3 aliphatic rings. The highest BCUT2D eigenvalue weighted by atomic mass is 16.5. The van der Waals surface area contributed by atoms with Crippen LogP contribution in [0.1, 0.15) is 32.3 Å². The number of nitrogens with two attached hydrogens (primary N) is 1. The van der Waals surface area contributed by atoms with Gasteiger partial charge in [0.25, 0.3) is 0 Å². The second-order valence-electron chi connectivity index (χ2n) is 9.91. The summed E-state index contributed by atoms with van der Waals surface area (Å²) in [4.78, 5) is 16.4. The van der Waals surface area contributed by atoms with Crippen LogP contribution >= 0.6 is 0 Å². The topological polar surface area (TPSA) is 123 Å². The van der Waals surface area contributed by atoms with Gasteiger partial charge in [-0.25, -0.2) is 9.97 Å². The van der Waals surface area contributed by atoms with Crippen molar-refractivity contribution in [1.82, 2.24) is 20.2 Å². The Balaban J connectivity index is 1.26. The van der Waals surface area contributed by atoms with Gasteiger partial charge in [0, 0.05) is 44.2 Å². The third-order valence-corrected chi connectivity index (χ3v) is 8.14. The SMILES string of the molecule is CCN1CCN(c2n[nH]c3nc(N4CCC5(CC4)CO[C@@H](C)[C@H]5N)cnc23)c2ccc(C#N)cc21. The highest BCUT2D eigenvalue weighted by Crippen LogP contribution is 2.42. The average Bonchev–Trinajstić information content (AvgIpc) is 3.44. The third-order valence-electron chi connectivity index (χ3n) is 8.14. The van der Waals surface area contributed by atoms with Crippen molar-refractivity contribution in [3.63, 3.8) is 0 Å². The predicted octanol–water partition coefficient (Wildman–Crippen LogP) is 2.54. The second-order valence-corrected chi connectivity index (χ2v) is 9.91. The van der Waals surface area contributed by atoms with Crippen LogP contribution in [0, 0.1) is 16.7 Å². The lowest BCUT2D eigenvalue weighted by atomic mass is 9.73. The first-order valence-electron chi connectivity index (χ1n) is 12.4. The zero-order chi connectivity index (χ0) is 24.2. The molecule has 1 spiro atoms. The molecule has 2 fully saturated rings. The molecule has 1 aromatic carbocycles. The number of nitrogens with one attached hydrogen (secondary N) is 1. The van der Waals surface area contributed by atoms with Gasteiger partial charge < -0.3 is 25.2 Å². The number of nitriles is 1. The van der Waals surface area contributed by atoms with E-state index in [0.717, 1.165) is 80.7 Å². The van der Waals surface area contributed by atoms with Crippen molar-refractivity contribution < 1.29 is 4.74 Å². The molecule has 2 aromatic heterocycles. The molecular weight excluding hydrogens is 442 g/mol. The van der Waals surface area contributed by atoms with Crippen molar-refractivity contribution in [3.8, 4) is 6.07 Å². The predicted molar refractivity (Wildman–Crippen MR) is 135 cm³/mol. The monoisotopic (exact) mass is 473 g/mol. The Bertz CT molecular complexity index is 1290. The summed E-state index contributed by atoms with van der Waals surface area (Å²) in [5.74, 6) is 1.62. The number of piperidine rings is 1. The number of aromatic nitrogens is 4. The van der Waals surface area contributed by atoms with Gasteiger partial charge in [0.2, 0.25) is 0 Å². The van der Waals surface area contributed by atoms with Crippen LogP contribution < -0.4 is 20.4 Å². The number of aromatic amines is 1. The lowest BCUT2D eigenvalue weighted by Gasteiger charge is -2.41. The third kappa shape index (κ3) is 3.49. The summed E-state index contributed by atoms with van der Waals surface area (Å²) in [7, 11) is 0. The van der Waals surface area contributed by atoms with Gasteiger partial charge in [-0.3, -0.25) is 5.10 Å². The first-order valence-corrected chi connectivity index (χ1v) is 12.4. The summed E-state index contributed by atoms with van der Waals surface area (Å²) >= 11 is 0. The molecular formula is C25H31N9O. The Morgan fingerprint density at radius 3 is 2.77 bits per heavy atom. The molecule has 0 unspecified atom stereocenters. The van der Waals surface area contributed by atoms with Crippen LogP contribution in [0.5, 0.6) is 0 Å². The van der Waals surface area contributed by atoms with Gasteiger partial charge >= 0.3 is 0 Å². The molecule has 3 N–H and O–H groups in total. The number of rotatable bonds is 3. The lowest BCUT2D eigenvalue weighted by molar-refractivity contribution is 0.0974. The molecule has 0 bridgehead atoms. The van der Waals surface area contributed by atoms with Gasteiger partial charge in [-0.15, -0.1) is 0 Å². The maximum Gasteiger partial charge on any atom is 0.183 e. The summed E-state index contributed by atoms with van der Waals surface area (Å²) < 4.78 is 5.86. The van der Waals surface area contributed by atoms with Crippen LogP contribution in [0.4, 0.5) is 23.0 Å². The van der Waals surface area contributed by atoms with Crippen LogP contribution in [0.2, 0.25) is 0 Å². The number of hydrogen-bond donors (Lipinski definition) is 2. The normalized spacial score (nSPS) is 23.7. The fourth-order valence-electron chi connectivity index (χ4n) is 5.86.